The molecule has 0 bridgehead atoms. The Kier molecular flexibility index (Phi) is 12.9. The number of unbranched alkanes of at least 4 members (excludes halogenated alkanes) is 2. The number of nitrogens with zero attached hydrogens (tertiary/aromatic N) is 3. The number of thiazole rings is 1. The van der Waals surface area contributed by atoms with Crippen molar-refractivity contribution in [1.29, 1.82) is 0 Å². The SMILES string of the molecule is CCCCN(C)C(=NCCCCc1nc(C)cs1)NCC.I. The van der Waals surface area contributed by atoms with E-state index in [1.165, 1.54) is 17.8 Å². The average Bonchev–Trinajstić information content (AvgIpc) is 2.88. The first-order chi connectivity index (χ1) is 10.2. The van der Waals surface area contributed by atoms with Gasteiger partial charge in [-0.25, -0.2) is 4.98 Å². The topological polar surface area (TPSA) is 40.5 Å². The first-order valence-corrected chi connectivity index (χ1v) is 8.95. The summed E-state index contributed by atoms with van der Waals surface area (Å²) in [6.07, 6.45) is 5.79. The molecule has 4 nitrogen and oxygen atoms in total. The second-order valence-electron chi connectivity index (χ2n) is 5.35. The van der Waals surface area contributed by atoms with E-state index in [-0.39, 0.29) is 24.0 Å². The molecule has 1 N–H and O–H groups in total. The summed E-state index contributed by atoms with van der Waals surface area (Å²) in [7, 11) is 2.12. The summed E-state index contributed by atoms with van der Waals surface area (Å²) in [5.41, 5.74) is 1.14. The average molecular weight is 438 g/mol. The van der Waals surface area contributed by atoms with Crippen molar-refractivity contribution in [1.82, 2.24) is 15.2 Å². The van der Waals surface area contributed by atoms with Crippen LogP contribution < -0.4 is 5.32 Å². The number of hydrogen-bond donors (Lipinski definition) is 1. The van der Waals surface area contributed by atoms with Gasteiger partial charge in [-0.2, -0.15) is 0 Å². The Labute approximate surface area is 156 Å². The zero-order chi connectivity index (χ0) is 15.5. The third-order valence-corrected chi connectivity index (χ3v) is 4.30. The van der Waals surface area contributed by atoms with Crippen LogP contribution in [0.15, 0.2) is 10.4 Å². The molecule has 1 rings (SSSR count). The highest BCUT2D eigenvalue weighted by Gasteiger charge is 2.04. The molecule has 1 aromatic rings. The minimum absolute atomic E-state index is 0. The van der Waals surface area contributed by atoms with Gasteiger partial charge in [-0.05, 0) is 39.5 Å². The highest BCUT2D eigenvalue weighted by Crippen LogP contribution is 2.11. The summed E-state index contributed by atoms with van der Waals surface area (Å²) < 4.78 is 0. The van der Waals surface area contributed by atoms with Gasteiger partial charge in [-0.3, -0.25) is 4.99 Å². The molecule has 0 aliphatic carbocycles. The quantitative estimate of drug-likeness (QED) is 0.273. The first kappa shape index (κ1) is 21.6. The van der Waals surface area contributed by atoms with Gasteiger partial charge in [0.2, 0.25) is 0 Å². The Balaban J connectivity index is 0.00000441. The van der Waals surface area contributed by atoms with Crippen LogP contribution in [0.1, 0.15) is 50.2 Å². The van der Waals surface area contributed by atoms with Gasteiger partial charge in [-0.15, -0.1) is 35.3 Å². The van der Waals surface area contributed by atoms with Crippen molar-refractivity contribution in [3.63, 3.8) is 0 Å². The zero-order valence-electron chi connectivity index (χ0n) is 14.4. The molecular weight excluding hydrogens is 407 g/mol. The van der Waals surface area contributed by atoms with Crippen LogP contribution >= 0.6 is 35.3 Å². The van der Waals surface area contributed by atoms with Gasteiger partial charge in [-0.1, -0.05) is 13.3 Å². The fraction of sp³-hybridized carbons (Fsp3) is 0.750. The molecule has 128 valence electrons. The molecule has 0 unspecified atom stereocenters. The molecule has 6 heteroatoms. The monoisotopic (exact) mass is 438 g/mol. The molecule has 22 heavy (non-hydrogen) atoms. The predicted molar refractivity (Wildman–Crippen MR) is 109 cm³/mol. The lowest BCUT2D eigenvalue weighted by Crippen LogP contribution is -2.39. The number of rotatable bonds is 9. The summed E-state index contributed by atoms with van der Waals surface area (Å²) >= 11 is 1.77. The lowest BCUT2D eigenvalue weighted by atomic mass is 10.2. The van der Waals surface area contributed by atoms with Gasteiger partial charge in [0.15, 0.2) is 5.96 Å². The van der Waals surface area contributed by atoms with Gasteiger partial charge in [0, 0.05) is 37.8 Å². The van der Waals surface area contributed by atoms with Gasteiger partial charge in [0.25, 0.3) is 0 Å². The molecule has 0 saturated heterocycles. The molecule has 0 aliphatic heterocycles. The van der Waals surface area contributed by atoms with Crippen molar-refractivity contribution in [2.75, 3.05) is 26.7 Å². The van der Waals surface area contributed by atoms with Crippen LogP contribution in [0.2, 0.25) is 0 Å². The highest BCUT2D eigenvalue weighted by molar-refractivity contribution is 14.0. The zero-order valence-corrected chi connectivity index (χ0v) is 17.5. The molecule has 0 aromatic carbocycles. The molecular formula is C16H31IN4S. The fourth-order valence-corrected chi connectivity index (χ4v) is 2.88. The van der Waals surface area contributed by atoms with E-state index in [2.05, 4.69) is 48.4 Å². The van der Waals surface area contributed by atoms with Crippen LogP contribution in [-0.2, 0) is 6.42 Å². The van der Waals surface area contributed by atoms with Crippen molar-refractivity contribution in [2.45, 2.75) is 52.9 Å². The molecule has 0 saturated carbocycles. The molecule has 0 amide bonds. The largest absolute Gasteiger partial charge is 0.357 e. The number of guanidine groups is 1. The Morgan fingerprint density at radius 3 is 2.68 bits per heavy atom. The Morgan fingerprint density at radius 1 is 1.32 bits per heavy atom. The number of aryl methyl sites for hydroxylation is 2. The van der Waals surface area contributed by atoms with Crippen molar-refractivity contribution in [3.8, 4) is 0 Å². The molecule has 0 radical (unpaired) electrons. The summed E-state index contributed by atoms with van der Waals surface area (Å²) in [5, 5.41) is 6.75. The Hall–Kier alpha value is -0.370. The number of halogens is 1. The summed E-state index contributed by atoms with van der Waals surface area (Å²) in [6, 6.07) is 0. The lowest BCUT2D eigenvalue weighted by Gasteiger charge is -2.21. The number of hydrogen-bond acceptors (Lipinski definition) is 3. The Morgan fingerprint density at radius 2 is 2.09 bits per heavy atom. The van der Waals surface area contributed by atoms with Crippen LogP contribution in [-0.4, -0.2) is 42.5 Å². The van der Waals surface area contributed by atoms with E-state index in [0.717, 1.165) is 50.6 Å². The first-order valence-electron chi connectivity index (χ1n) is 8.07. The number of aliphatic imine (C=N–C) groups is 1. The minimum Gasteiger partial charge on any atom is -0.357 e. The van der Waals surface area contributed by atoms with Gasteiger partial charge >= 0.3 is 0 Å². The second-order valence-corrected chi connectivity index (χ2v) is 6.29. The van der Waals surface area contributed by atoms with Gasteiger partial charge < -0.3 is 10.2 Å². The van der Waals surface area contributed by atoms with Crippen molar-refractivity contribution in [2.24, 2.45) is 4.99 Å². The summed E-state index contributed by atoms with van der Waals surface area (Å²) in [6.45, 7) is 9.28. The minimum atomic E-state index is 0. The van der Waals surface area contributed by atoms with Crippen LogP contribution in [0.5, 0.6) is 0 Å². The lowest BCUT2D eigenvalue weighted by molar-refractivity contribution is 0.464. The third kappa shape index (κ3) is 8.92. The van der Waals surface area contributed by atoms with Crippen LogP contribution in [0, 0.1) is 6.92 Å². The van der Waals surface area contributed by atoms with E-state index in [9.17, 15) is 0 Å². The van der Waals surface area contributed by atoms with E-state index < -0.39 is 0 Å². The van der Waals surface area contributed by atoms with E-state index in [0.29, 0.717) is 0 Å². The normalized spacial score (nSPS) is 11.2. The second kappa shape index (κ2) is 13.1. The van der Waals surface area contributed by atoms with Gasteiger partial charge in [0.05, 0.1) is 5.01 Å². The number of nitrogens with one attached hydrogen (secondary N) is 1. The number of aromatic nitrogens is 1. The molecule has 0 fully saturated rings. The van der Waals surface area contributed by atoms with Crippen LogP contribution in [0.4, 0.5) is 0 Å². The van der Waals surface area contributed by atoms with Crippen molar-refractivity contribution >= 4 is 41.3 Å². The standard InChI is InChI=1S/C16H30N4S.HI/c1-5-7-12-20(4)16(17-6-2)18-11-9-8-10-15-19-14(3)13-21-15;/h13H,5-12H2,1-4H3,(H,17,18);1H. The summed E-state index contributed by atoms with van der Waals surface area (Å²) in [5.74, 6) is 1.04. The van der Waals surface area contributed by atoms with Crippen LogP contribution in [0.25, 0.3) is 0 Å². The smallest absolute Gasteiger partial charge is 0.193 e. The maximum atomic E-state index is 4.72. The maximum absolute atomic E-state index is 4.72. The fourth-order valence-electron chi connectivity index (χ4n) is 2.06. The van der Waals surface area contributed by atoms with Crippen molar-refractivity contribution in [3.05, 3.63) is 16.1 Å². The third-order valence-electron chi connectivity index (χ3n) is 3.27. The molecule has 1 aromatic heterocycles. The maximum Gasteiger partial charge on any atom is 0.193 e. The van der Waals surface area contributed by atoms with Crippen molar-refractivity contribution < 1.29 is 0 Å². The predicted octanol–water partition coefficient (Wildman–Crippen LogP) is 4.09. The van der Waals surface area contributed by atoms with Gasteiger partial charge in [0.1, 0.15) is 0 Å². The van der Waals surface area contributed by atoms with Crippen LogP contribution in [0.3, 0.4) is 0 Å². The molecule has 0 spiro atoms. The summed E-state index contributed by atoms with van der Waals surface area (Å²) in [4.78, 5) is 11.4. The highest BCUT2D eigenvalue weighted by atomic mass is 127. The van der Waals surface area contributed by atoms with E-state index in [1.807, 2.05) is 0 Å². The molecule has 1 heterocycles. The molecule has 0 aliphatic rings. The van der Waals surface area contributed by atoms with E-state index in [1.54, 1.807) is 11.3 Å². The molecule has 0 atom stereocenters. The van der Waals surface area contributed by atoms with E-state index >= 15 is 0 Å². The Bertz CT molecular complexity index is 420. The van der Waals surface area contributed by atoms with E-state index in [4.69, 9.17) is 4.99 Å².